The lowest BCUT2D eigenvalue weighted by Gasteiger charge is -2.14. The summed E-state index contributed by atoms with van der Waals surface area (Å²) in [5.74, 6) is -0.0135. The zero-order valence-corrected chi connectivity index (χ0v) is 8.82. The summed E-state index contributed by atoms with van der Waals surface area (Å²) in [5.41, 5.74) is 5.37. The lowest BCUT2D eigenvalue weighted by Crippen LogP contribution is -2.34. The van der Waals surface area contributed by atoms with E-state index in [9.17, 15) is 4.79 Å². The first-order valence-corrected chi connectivity index (χ1v) is 4.74. The van der Waals surface area contributed by atoms with Crippen molar-refractivity contribution < 1.29 is 14.6 Å². The summed E-state index contributed by atoms with van der Waals surface area (Å²) < 4.78 is 4.97. The third kappa shape index (κ3) is 5.90. The highest BCUT2D eigenvalue weighted by Gasteiger charge is 2.11. The zero-order valence-electron chi connectivity index (χ0n) is 8.82. The second-order valence-corrected chi connectivity index (χ2v) is 3.39. The Balaban J connectivity index is 3.64. The predicted octanol–water partition coefficient (Wildman–Crippen LogP) is -0.905. The fourth-order valence-electron chi connectivity index (χ4n) is 0.894. The fourth-order valence-corrected chi connectivity index (χ4v) is 0.894. The molecule has 5 nitrogen and oxygen atoms in total. The van der Waals surface area contributed by atoms with Gasteiger partial charge >= 0.3 is 0 Å². The van der Waals surface area contributed by atoms with Crippen LogP contribution in [0.2, 0.25) is 0 Å². The Kier molecular flexibility index (Phi) is 7.37. The van der Waals surface area contributed by atoms with Gasteiger partial charge in [0.15, 0.2) is 0 Å². The minimum absolute atomic E-state index is 0.0743. The fraction of sp³-hybridized carbons (Fsp3) is 0.889. The number of aliphatic hydroxyl groups is 1. The minimum atomic E-state index is -0.223. The number of hydrogen-bond donors (Lipinski definition) is 3. The van der Waals surface area contributed by atoms with E-state index in [1.807, 2.05) is 6.92 Å². The van der Waals surface area contributed by atoms with Gasteiger partial charge in [0.05, 0.1) is 12.5 Å². The van der Waals surface area contributed by atoms with E-state index < -0.39 is 0 Å². The molecular formula is C9H20N2O3. The molecule has 0 spiro atoms. The molecule has 5 heteroatoms. The highest BCUT2D eigenvalue weighted by molar-refractivity contribution is 5.76. The minimum Gasteiger partial charge on any atom is -0.396 e. The second kappa shape index (κ2) is 7.73. The summed E-state index contributed by atoms with van der Waals surface area (Å²) in [4.78, 5) is 11.3. The van der Waals surface area contributed by atoms with Crippen LogP contribution in [-0.4, -0.2) is 43.9 Å². The van der Waals surface area contributed by atoms with Crippen molar-refractivity contribution in [3.8, 4) is 0 Å². The molecule has 0 aromatic rings. The first-order valence-electron chi connectivity index (χ1n) is 4.74. The van der Waals surface area contributed by atoms with Crippen molar-refractivity contribution in [2.45, 2.75) is 19.4 Å². The van der Waals surface area contributed by atoms with Gasteiger partial charge in [0.2, 0.25) is 5.91 Å². The van der Waals surface area contributed by atoms with E-state index in [4.69, 9.17) is 15.6 Å². The van der Waals surface area contributed by atoms with Crippen molar-refractivity contribution in [3.63, 3.8) is 0 Å². The van der Waals surface area contributed by atoms with Gasteiger partial charge in [0.1, 0.15) is 0 Å². The van der Waals surface area contributed by atoms with Crippen LogP contribution < -0.4 is 11.1 Å². The summed E-state index contributed by atoms with van der Waals surface area (Å²) in [5, 5.41) is 11.4. The number of amides is 1. The van der Waals surface area contributed by atoms with Crippen molar-refractivity contribution in [1.82, 2.24) is 5.32 Å². The van der Waals surface area contributed by atoms with Gasteiger partial charge in [-0.3, -0.25) is 4.79 Å². The Morgan fingerprint density at radius 1 is 1.64 bits per heavy atom. The van der Waals surface area contributed by atoms with Crippen LogP contribution in [-0.2, 0) is 9.53 Å². The highest BCUT2D eigenvalue weighted by Crippen LogP contribution is 1.95. The number of nitrogens with one attached hydrogen (secondary N) is 1. The number of ether oxygens (including phenoxy) is 1. The molecule has 0 saturated carbocycles. The van der Waals surface area contributed by atoms with Crippen LogP contribution in [0.25, 0.3) is 0 Å². The SMILES string of the molecule is COC(CN)CC(=O)NCC(C)CO. The first-order chi connectivity index (χ1) is 6.63. The number of carbonyl (C=O) groups excluding carboxylic acids is 1. The van der Waals surface area contributed by atoms with Gasteiger partial charge < -0.3 is 20.9 Å². The summed E-state index contributed by atoms with van der Waals surface area (Å²) in [6.07, 6.45) is 0.0462. The molecule has 0 rings (SSSR count). The van der Waals surface area contributed by atoms with Crippen LogP contribution in [0.5, 0.6) is 0 Å². The molecule has 0 radical (unpaired) electrons. The van der Waals surface area contributed by atoms with Gasteiger partial charge in [-0.15, -0.1) is 0 Å². The number of rotatable bonds is 7. The Bertz CT molecular complexity index is 160. The maximum absolute atomic E-state index is 11.3. The lowest BCUT2D eigenvalue weighted by molar-refractivity contribution is -0.123. The van der Waals surface area contributed by atoms with E-state index in [0.717, 1.165) is 0 Å². The second-order valence-electron chi connectivity index (χ2n) is 3.39. The quantitative estimate of drug-likeness (QED) is 0.501. The van der Waals surface area contributed by atoms with E-state index in [0.29, 0.717) is 13.1 Å². The largest absolute Gasteiger partial charge is 0.396 e. The van der Waals surface area contributed by atoms with Gasteiger partial charge in [-0.1, -0.05) is 6.92 Å². The molecule has 2 atom stereocenters. The summed E-state index contributed by atoms with van der Waals surface area (Å²) >= 11 is 0. The third-order valence-corrected chi connectivity index (χ3v) is 1.97. The summed E-state index contributed by atoms with van der Waals surface area (Å²) in [6, 6.07) is 0. The molecular weight excluding hydrogens is 184 g/mol. The Morgan fingerprint density at radius 3 is 2.71 bits per heavy atom. The van der Waals surface area contributed by atoms with Crippen LogP contribution in [0.3, 0.4) is 0 Å². The van der Waals surface area contributed by atoms with E-state index in [2.05, 4.69) is 5.32 Å². The number of carbonyl (C=O) groups is 1. The molecule has 14 heavy (non-hydrogen) atoms. The van der Waals surface area contributed by atoms with Crippen molar-refractivity contribution >= 4 is 5.91 Å². The van der Waals surface area contributed by atoms with Crippen LogP contribution >= 0.6 is 0 Å². The van der Waals surface area contributed by atoms with E-state index >= 15 is 0 Å². The molecule has 0 bridgehead atoms. The maximum atomic E-state index is 11.3. The molecule has 0 aromatic heterocycles. The van der Waals surface area contributed by atoms with Gasteiger partial charge in [-0.25, -0.2) is 0 Å². The summed E-state index contributed by atoms with van der Waals surface area (Å²) in [6.45, 7) is 2.75. The molecule has 0 aromatic carbocycles. The topological polar surface area (TPSA) is 84.6 Å². The molecule has 0 aliphatic heterocycles. The number of hydrogen-bond acceptors (Lipinski definition) is 4. The molecule has 0 aliphatic carbocycles. The average Bonchev–Trinajstić information content (AvgIpc) is 2.22. The number of aliphatic hydroxyl groups excluding tert-OH is 1. The van der Waals surface area contributed by atoms with Crippen molar-refractivity contribution in [1.29, 1.82) is 0 Å². The van der Waals surface area contributed by atoms with Gasteiger partial charge in [0, 0.05) is 26.8 Å². The molecule has 0 saturated heterocycles. The number of nitrogens with two attached hydrogens (primary N) is 1. The standard InChI is InChI=1S/C9H20N2O3/c1-7(6-12)5-11-9(13)3-8(4-10)14-2/h7-8,12H,3-6,10H2,1-2H3,(H,11,13). The van der Waals surface area contributed by atoms with Crippen LogP contribution in [0.4, 0.5) is 0 Å². The maximum Gasteiger partial charge on any atom is 0.222 e. The van der Waals surface area contributed by atoms with Gasteiger partial charge in [0.25, 0.3) is 0 Å². The normalized spacial score (nSPS) is 14.9. The van der Waals surface area contributed by atoms with E-state index in [1.54, 1.807) is 0 Å². The van der Waals surface area contributed by atoms with Crippen molar-refractivity contribution in [3.05, 3.63) is 0 Å². The van der Waals surface area contributed by atoms with Gasteiger partial charge in [-0.2, -0.15) is 0 Å². The highest BCUT2D eigenvalue weighted by atomic mass is 16.5. The molecule has 84 valence electrons. The van der Waals surface area contributed by atoms with Crippen LogP contribution in [0.1, 0.15) is 13.3 Å². The molecule has 2 unspecified atom stereocenters. The molecule has 0 heterocycles. The van der Waals surface area contributed by atoms with Crippen LogP contribution in [0.15, 0.2) is 0 Å². The average molecular weight is 204 g/mol. The Labute approximate surface area is 84.6 Å². The molecule has 1 amide bonds. The third-order valence-electron chi connectivity index (χ3n) is 1.97. The van der Waals surface area contributed by atoms with Gasteiger partial charge in [-0.05, 0) is 5.92 Å². The van der Waals surface area contributed by atoms with E-state index in [-0.39, 0.29) is 31.0 Å². The smallest absolute Gasteiger partial charge is 0.222 e. The zero-order chi connectivity index (χ0) is 11.0. The molecule has 4 N–H and O–H groups in total. The Hall–Kier alpha value is -0.650. The number of methoxy groups -OCH3 is 1. The Morgan fingerprint density at radius 2 is 2.29 bits per heavy atom. The van der Waals surface area contributed by atoms with Crippen LogP contribution in [0, 0.1) is 5.92 Å². The first kappa shape index (κ1) is 13.4. The lowest BCUT2D eigenvalue weighted by atomic mass is 10.2. The van der Waals surface area contributed by atoms with Crippen molar-refractivity contribution in [2.24, 2.45) is 11.7 Å². The monoisotopic (exact) mass is 204 g/mol. The molecule has 0 aliphatic rings. The molecule has 0 fully saturated rings. The van der Waals surface area contributed by atoms with Crippen molar-refractivity contribution in [2.75, 3.05) is 26.8 Å². The predicted molar refractivity (Wildman–Crippen MR) is 53.7 cm³/mol. The van der Waals surface area contributed by atoms with E-state index in [1.165, 1.54) is 7.11 Å². The summed E-state index contributed by atoms with van der Waals surface area (Å²) in [7, 11) is 1.53.